The third kappa shape index (κ3) is 5.30. The van der Waals surface area contributed by atoms with E-state index in [-0.39, 0.29) is 34.1 Å². The Labute approximate surface area is 193 Å². The second-order valence-corrected chi connectivity index (χ2v) is 7.01. The predicted molar refractivity (Wildman–Crippen MR) is 127 cm³/mol. The minimum atomic E-state index is -0.692. The van der Waals surface area contributed by atoms with Crippen LogP contribution in [0.1, 0.15) is 22.3 Å². The minimum Gasteiger partial charge on any atom is -0.504 e. The summed E-state index contributed by atoms with van der Waals surface area (Å²) in [5.41, 5.74) is 0.608. The van der Waals surface area contributed by atoms with Crippen molar-refractivity contribution in [2.75, 3.05) is 14.2 Å². The summed E-state index contributed by atoms with van der Waals surface area (Å²) in [4.78, 5) is 21.8. The van der Waals surface area contributed by atoms with E-state index in [1.54, 1.807) is 36.4 Å². The van der Waals surface area contributed by atoms with E-state index in [2.05, 4.69) is 0 Å². The first-order valence-electron chi connectivity index (χ1n) is 9.80. The first kappa shape index (κ1) is 23.8. The van der Waals surface area contributed by atoms with Crippen LogP contribution in [0.4, 0.5) is 11.4 Å². The number of ether oxygens (including phenoxy) is 2. The van der Waals surface area contributed by atoms with Crippen LogP contribution in [-0.4, -0.2) is 34.3 Å². The van der Waals surface area contributed by atoms with Crippen LogP contribution in [0.15, 0.2) is 48.5 Å². The minimum absolute atomic E-state index is 0.0562. The van der Waals surface area contributed by atoms with Crippen molar-refractivity contribution in [2.45, 2.75) is 0 Å². The van der Waals surface area contributed by atoms with E-state index < -0.39 is 21.2 Å². The van der Waals surface area contributed by atoms with Crippen molar-refractivity contribution in [3.05, 3.63) is 91.0 Å². The molecule has 0 aliphatic carbocycles. The summed E-state index contributed by atoms with van der Waals surface area (Å²) in [5, 5.41) is 42.6. The Morgan fingerprint density at radius 3 is 1.44 bits per heavy atom. The number of nitro benzene ring substituents is 2. The fraction of sp³-hybridized carbons (Fsp3) is 0.0833. The van der Waals surface area contributed by atoms with E-state index in [4.69, 9.17) is 9.47 Å². The summed E-state index contributed by atoms with van der Waals surface area (Å²) in [6, 6.07) is 11.4. The molecular formula is C24H20N2O8. The van der Waals surface area contributed by atoms with Crippen LogP contribution < -0.4 is 9.47 Å². The molecule has 0 aliphatic rings. The van der Waals surface area contributed by atoms with Gasteiger partial charge >= 0.3 is 0 Å². The quantitative estimate of drug-likeness (QED) is 0.260. The Hall–Kier alpha value is -4.86. The van der Waals surface area contributed by atoms with Crippen LogP contribution in [0, 0.1) is 20.2 Å². The summed E-state index contributed by atoms with van der Waals surface area (Å²) in [6.45, 7) is 0. The molecule has 10 heteroatoms. The zero-order chi connectivity index (χ0) is 24.8. The summed E-state index contributed by atoms with van der Waals surface area (Å²) < 4.78 is 10.1. The van der Waals surface area contributed by atoms with E-state index in [0.29, 0.717) is 11.1 Å². The molecule has 0 saturated carbocycles. The van der Waals surface area contributed by atoms with E-state index in [9.17, 15) is 30.4 Å². The number of nitrogens with zero attached hydrogens (tertiary/aromatic N) is 2. The Morgan fingerprint density at radius 1 is 0.676 bits per heavy atom. The zero-order valence-corrected chi connectivity index (χ0v) is 18.2. The monoisotopic (exact) mass is 464 g/mol. The number of phenols is 2. The van der Waals surface area contributed by atoms with Crippen LogP contribution in [0.3, 0.4) is 0 Å². The smallest absolute Gasteiger partial charge is 0.283 e. The van der Waals surface area contributed by atoms with Crippen molar-refractivity contribution in [1.82, 2.24) is 0 Å². The molecule has 0 bridgehead atoms. The lowest BCUT2D eigenvalue weighted by molar-refractivity contribution is -0.394. The van der Waals surface area contributed by atoms with Crippen molar-refractivity contribution in [2.24, 2.45) is 0 Å². The number of benzene rings is 3. The number of nitro groups is 2. The Balaban J connectivity index is 2.07. The summed E-state index contributed by atoms with van der Waals surface area (Å²) >= 11 is 0. The molecule has 3 aromatic rings. The highest BCUT2D eigenvalue weighted by Crippen LogP contribution is 2.33. The molecule has 0 aromatic heterocycles. The van der Waals surface area contributed by atoms with Crippen LogP contribution in [0.25, 0.3) is 24.3 Å². The highest BCUT2D eigenvalue weighted by Gasteiger charge is 2.22. The van der Waals surface area contributed by atoms with E-state index >= 15 is 0 Å². The zero-order valence-electron chi connectivity index (χ0n) is 18.2. The van der Waals surface area contributed by atoms with Gasteiger partial charge in [-0.25, -0.2) is 0 Å². The van der Waals surface area contributed by atoms with Crippen molar-refractivity contribution in [3.8, 4) is 23.0 Å². The van der Waals surface area contributed by atoms with Crippen LogP contribution >= 0.6 is 0 Å². The summed E-state index contributed by atoms with van der Waals surface area (Å²) in [5.74, 6) is 0.347. The standard InChI is InChI=1S/C24H20N2O8/c1-33-23-11-15(5-9-21(23)27)3-7-17-13-18(20(26(31)32)14-19(17)25(29)30)8-4-16-6-10-22(28)24(12-16)34-2/h3-14,27-28H,1-2H3/b7-3+,8-4?. The normalized spacial score (nSPS) is 11.1. The van der Waals surface area contributed by atoms with Crippen molar-refractivity contribution < 1.29 is 29.5 Å². The Morgan fingerprint density at radius 2 is 1.09 bits per heavy atom. The van der Waals surface area contributed by atoms with Gasteiger partial charge in [0.2, 0.25) is 0 Å². The van der Waals surface area contributed by atoms with E-state index in [1.807, 2.05) is 0 Å². The molecule has 34 heavy (non-hydrogen) atoms. The molecular weight excluding hydrogens is 444 g/mol. The van der Waals surface area contributed by atoms with Crippen molar-refractivity contribution in [1.29, 1.82) is 0 Å². The lowest BCUT2D eigenvalue weighted by Crippen LogP contribution is -1.98. The fourth-order valence-corrected chi connectivity index (χ4v) is 3.16. The third-order valence-electron chi connectivity index (χ3n) is 4.89. The Bertz CT molecular complexity index is 1220. The highest BCUT2D eigenvalue weighted by molar-refractivity contribution is 5.82. The molecule has 2 N–H and O–H groups in total. The largest absolute Gasteiger partial charge is 0.504 e. The lowest BCUT2D eigenvalue weighted by Gasteiger charge is -2.05. The van der Waals surface area contributed by atoms with Crippen LogP contribution in [-0.2, 0) is 0 Å². The maximum atomic E-state index is 11.6. The maximum absolute atomic E-state index is 11.6. The number of hydrogen-bond donors (Lipinski definition) is 2. The average Bonchev–Trinajstić information content (AvgIpc) is 2.82. The molecule has 0 unspecified atom stereocenters. The SMILES string of the molecule is COc1cc(C=Cc2cc(/C=C/c3ccc(O)c(OC)c3)c([N+](=O)[O-])cc2[N+](=O)[O-])ccc1O. The summed E-state index contributed by atoms with van der Waals surface area (Å²) in [7, 11) is 2.79. The number of phenolic OH excluding ortho intramolecular Hbond substituents is 2. The second-order valence-electron chi connectivity index (χ2n) is 7.01. The molecule has 0 heterocycles. The van der Waals surface area contributed by atoms with Crippen LogP contribution in [0.2, 0.25) is 0 Å². The van der Waals surface area contributed by atoms with Gasteiger partial charge in [0.15, 0.2) is 23.0 Å². The number of hydrogen-bond acceptors (Lipinski definition) is 8. The van der Waals surface area contributed by atoms with Crippen LogP contribution in [0.5, 0.6) is 23.0 Å². The predicted octanol–water partition coefficient (Wildman–Crippen LogP) is 5.27. The molecule has 10 nitrogen and oxygen atoms in total. The van der Waals surface area contributed by atoms with Gasteiger partial charge in [-0.2, -0.15) is 0 Å². The van der Waals surface area contributed by atoms with Gasteiger partial charge in [-0.05, 0) is 53.6 Å². The topological polar surface area (TPSA) is 145 Å². The van der Waals surface area contributed by atoms with E-state index in [1.165, 1.54) is 44.6 Å². The lowest BCUT2D eigenvalue weighted by atomic mass is 10.0. The van der Waals surface area contributed by atoms with Gasteiger partial charge in [0, 0.05) is 0 Å². The first-order valence-corrected chi connectivity index (χ1v) is 9.80. The van der Waals surface area contributed by atoms with Gasteiger partial charge < -0.3 is 19.7 Å². The fourth-order valence-electron chi connectivity index (χ4n) is 3.16. The van der Waals surface area contributed by atoms with Crippen molar-refractivity contribution in [3.63, 3.8) is 0 Å². The second kappa shape index (κ2) is 10.2. The first-order chi connectivity index (χ1) is 16.2. The molecule has 3 aromatic carbocycles. The van der Waals surface area contributed by atoms with Gasteiger partial charge in [-0.1, -0.05) is 24.3 Å². The van der Waals surface area contributed by atoms with Gasteiger partial charge in [-0.15, -0.1) is 0 Å². The molecule has 0 aliphatic heterocycles. The van der Waals surface area contributed by atoms with Gasteiger partial charge in [0.25, 0.3) is 11.4 Å². The molecule has 3 rings (SSSR count). The van der Waals surface area contributed by atoms with Crippen molar-refractivity contribution >= 4 is 35.7 Å². The van der Waals surface area contributed by atoms with Gasteiger partial charge in [0.05, 0.1) is 41.3 Å². The number of methoxy groups -OCH3 is 2. The third-order valence-corrected chi connectivity index (χ3v) is 4.89. The number of aromatic hydroxyl groups is 2. The summed E-state index contributed by atoms with van der Waals surface area (Å²) in [6.07, 6.45) is 6.03. The molecule has 0 saturated heterocycles. The molecule has 174 valence electrons. The Kier molecular flexibility index (Phi) is 7.12. The number of rotatable bonds is 8. The molecule has 0 amide bonds. The molecule has 0 spiro atoms. The van der Waals surface area contributed by atoms with Gasteiger partial charge in [-0.3, -0.25) is 20.2 Å². The maximum Gasteiger partial charge on any atom is 0.283 e. The molecule has 0 radical (unpaired) electrons. The molecule has 0 fully saturated rings. The van der Waals surface area contributed by atoms with E-state index in [0.717, 1.165) is 6.07 Å². The average molecular weight is 464 g/mol. The molecule has 0 atom stereocenters. The van der Waals surface area contributed by atoms with Gasteiger partial charge in [0.1, 0.15) is 0 Å². The highest BCUT2D eigenvalue weighted by atomic mass is 16.6.